The summed E-state index contributed by atoms with van der Waals surface area (Å²) in [5, 5.41) is 9.52. The molecule has 1 heterocycles. The van der Waals surface area contributed by atoms with Crippen LogP contribution in [0.3, 0.4) is 0 Å². The summed E-state index contributed by atoms with van der Waals surface area (Å²) < 4.78 is 0. The molecule has 0 aliphatic rings. The van der Waals surface area contributed by atoms with Crippen LogP contribution in [-0.4, -0.2) is 57.7 Å². The predicted molar refractivity (Wildman–Crippen MR) is 75.8 cm³/mol. The molecule has 0 bridgehead atoms. The Balaban J connectivity index is 2.89. The summed E-state index contributed by atoms with van der Waals surface area (Å²) in [6.45, 7) is 7.01. The standard InChI is InChI=1S/C12H24N6O/c1-8(2)18(6-9(3)19)7-10-14-11(13)16-12(15-10)17(4)5/h8-9,19H,6-7H2,1-5H3,(H2,13,14,15,16). The van der Waals surface area contributed by atoms with E-state index in [-0.39, 0.29) is 12.0 Å². The zero-order valence-electron chi connectivity index (χ0n) is 12.3. The average Bonchev–Trinajstić information content (AvgIpc) is 2.26. The number of nitrogens with two attached hydrogens (primary N) is 1. The number of aliphatic hydroxyl groups excluding tert-OH is 1. The van der Waals surface area contributed by atoms with Crippen molar-refractivity contribution in [3.05, 3.63) is 5.82 Å². The Morgan fingerprint density at radius 1 is 1.16 bits per heavy atom. The maximum absolute atomic E-state index is 9.52. The summed E-state index contributed by atoms with van der Waals surface area (Å²) >= 11 is 0. The molecule has 0 saturated heterocycles. The van der Waals surface area contributed by atoms with E-state index in [9.17, 15) is 5.11 Å². The van der Waals surface area contributed by atoms with Crippen LogP contribution in [0, 0.1) is 0 Å². The lowest BCUT2D eigenvalue weighted by Crippen LogP contribution is -2.36. The Hall–Kier alpha value is -1.47. The molecular weight excluding hydrogens is 244 g/mol. The van der Waals surface area contributed by atoms with E-state index < -0.39 is 6.10 Å². The molecule has 0 aliphatic heterocycles. The monoisotopic (exact) mass is 268 g/mol. The van der Waals surface area contributed by atoms with E-state index in [0.29, 0.717) is 24.9 Å². The van der Waals surface area contributed by atoms with Crippen LogP contribution in [0.1, 0.15) is 26.6 Å². The quantitative estimate of drug-likeness (QED) is 0.756. The smallest absolute Gasteiger partial charge is 0.229 e. The van der Waals surface area contributed by atoms with Crippen molar-refractivity contribution in [3.8, 4) is 0 Å². The summed E-state index contributed by atoms with van der Waals surface area (Å²) in [4.78, 5) is 16.5. The van der Waals surface area contributed by atoms with Gasteiger partial charge < -0.3 is 15.7 Å². The van der Waals surface area contributed by atoms with Crippen molar-refractivity contribution in [3.63, 3.8) is 0 Å². The molecule has 7 heteroatoms. The molecule has 0 radical (unpaired) electrons. The third-order valence-electron chi connectivity index (χ3n) is 2.66. The maximum Gasteiger partial charge on any atom is 0.229 e. The van der Waals surface area contributed by atoms with E-state index in [1.165, 1.54) is 0 Å². The zero-order valence-corrected chi connectivity index (χ0v) is 12.3. The lowest BCUT2D eigenvalue weighted by atomic mass is 10.2. The van der Waals surface area contributed by atoms with Crippen molar-refractivity contribution in [2.45, 2.75) is 39.5 Å². The topological polar surface area (TPSA) is 91.4 Å². The number of aromatic nitrogens is 3. The summed E-state index contributed by atoms with van der Waals surface area (Å²) in [5.41, 5.74) is 5.69. The minimum Gasteiger partial charge on any atom is -0.392 e. The third kappa shape index (κ3) is 4.96. The number of hydrogen-bond donors (Lipinski definition) is 2. The van der Waals surface area contributed by atoms with Crippen LogP contribution in [0.15, 0.2) is 0 Å². The molecule has 108 valence electrons. The first kappa shape index (κ1) is 15.6. The first-order chi connectivity index (χ1) is 8.79. The summed E-state index contributed by atoms with van der Waals surface area (Å²) in [6, 6.07) is 0.287. The van der Waals surface area contributed by atoms with Gasteiger partial charge in [-0.15, -0.1) is 0 Å². The molecule has 7 nitrogen and oxygen atoms in total. The van der Waals surface area contributed by atoms with Gasteiger partial charge in [0.1, 0.15) is 5.82 Å². The molecule has 0 amide bonds. The third-order valence-corrected chi connectivity index (χ3v) is 2.66. The molecule has 1 aromatic rings. The molecule has 1 aromatic heterocycles. The summed E-state index contributed by atoms with van der Waals surface area (Å²) in [6.07, 6.45) is -0.394. The van der Waals surface area contributed by atoms with Crippen LogP contribution in [0.25, 0.3) is 0 Å². The highest BCUT2D eigenvalue weighted by Crippen LogP contribution is 2.10. The van der Waals surface area contributed by atoms with Gasteiger partial charge in [0.15, 0.2) is 0 Å². The van der Waals surface area contributed by atoms with Crippen molar-refractivity contribution in [2.75, 3.05) is 31.3 Å². The van der Waals surface area contributed by atoms with Gasteiger partial charge in [0.25, 0.3) is 0 Å². The van der Waals surface area contributed by atoms with E-state index in [1.54, 1.807) is 11.8 Å². The Bertz CT molecular complexity index is 407. The van der Waals surface area contributed by atoms with Gasteiger partial charge in [-0.2, -0.15) is 15.0 Å². The van der Waals surface area contributed by atoms with Gasteiger partial charge in [-0.3, -0.25) is 4.90 Å². The van der Waals surface area contributed by atoms with Gasteiger partial charge in [-0.1, -0.05) is 0 Å². The van der Waals surface area contributed by atoms with Crippen LogP contribution < -0.4 is 10.6 Å². The first-order valence-corrected chi connectivity index (χ1v) is 6.39. The number of anilines is 2. The lowest BCUT2D eigenvalue weighted by Gasteiger charge is -2.27. The average molecular weight is 268 g/mol. The summed E-state index contributed by atoms with van der Waals surface area (Å²) in [7, 11) is 3.71. The molecule has 0 aromatic carbocycles. The van der Waals surface area contributed by atoms with E-state index in [1.807, 2.05) is 14.1 Å². The fourth-order valence-electron chi connectivity index (χ4n) is 1.67. The first-order valence-electron chi connectivity index (χ1n) is 6.39. The highest BCUT2D eigenvalue weighted by Gasteiger charge is 2.15. The van der Waals surface area contributed by atoms with Crippen molar-refractivity contribution in [1.29, 1.82) is 0 Å². The van der Waals surface area contributed by atoms with Gasteiger partial charge >= 0.3 is 0 Å². The van der Waals surface area contributed by atoms with E-state index in [0.717, 1.165) is 0 Å². The Morgan fingerprint density at radius 3 is 2.26 bits per heavy atom. The SMILES string of the molecule is CC(O)CN(Cc1nc(N)nc(N(C)C)n1)C(C)C. The van der Waals surface area contributed by atoms with Gasteiger partial charge in [0, 0.05) is 26.7 Å². The van der Waals surface area contributed by atoms with Crippen LogP contribution >= 0.6 is 0 Å². The lowest BCUT2D eigenvalue weighted by molar-refractivity contribution is 0.101. The molecule has 1 rings (SSSR count). The second-order valence-corrected chi connectivity index (χ2v) is 5.18. The molecule has 19 heavy (non-hydrogen) atoms. The molecular formula is C12H24N6O. The molecule has 0 saturated carbocycles. The maximum atomic E-state index is 9.52. The van der Waals surface area contributed by atoms with Crippen molar-refractivity contribution < 1.29 is 5.11 Å². The van der Waals surface area contributed by atoms with Gasteiger partial charge in [0.05, 0.1) is 12.6 Å². The minimum absolute atomic E-state index is 0.217. The number of nitrogen functional groups attached to an aromatic ring is 1. The van der Waals surface area contributed by atoms with Crippen molar-refractivity contribution >= 4 is 11.9 Å². The Morgan fingerprint density at radius 2 is 1.79 bits per heavy atom. The van der Waals surface area contributed by atoms with E-state index in [4.69, 9.17) is 5.73 Å². The fourth-order valence-corrected chi connectivity index (χ4v) is 1.67. The fraction of sp³-hybridized carbons (Fsp3) is 0.750. The number of hydrogen-bond acceptors (Lipinski definition) is 7. The van der Waals surface area contributed by atoms with E-state index >= 15 is 0 Å². The van der Waals surface area contributed by atoms with Crippen molar-refractivity contribution in [1.82, 2.24) is 19.9 Å². The summed E-state index contributed by atoms with van der Waals surface area (Å²) in [5.74, 6) is 1.38. The normalized spacial score (nSPS) is 13.1. The van der Waals surface area contributed by atoms with E-state index in [2.05, 4.69) is 33.7 Å². The van der Waals surface area contributed by atoms with Gasteiger partial charge in [-0.25, -0.2) is 0 Å². The highest BCUT2D eigenvalue weighted by atomic mass is 16.3. The van der Waals surface area contributed by atoms with Crippen LogP contribution in [0.5, 0.6) is 0 Å². The molecule has 0 spiro atoms. The highest BCUT2D eigenvalue weighted by molar-refractivity contribution is 5.32. The van der Waals surface area contributed by atoms with Crippen LogP contribution in [-0.2, 0) is 6.54 Å². The van der Waals surface area contributed by atoms with Gasteiger partial charge in [0.2, 0.25) is 11.9 Å². The second-order valence-electron chi connectivity index (χ2n) is 5.18. The minimum atomic E-state index is -0.394. The Labute approximate surface area is 114 Å². The van der Waals surface area contributed by atoms with Crippen LogP contribution in [0.4, 0.5) is 11.9 Å². The molecule has 0 fully saturated rings. The number of nitrogens with zero attached hydrogens (tertiary/aromatic N) is 5. The van der Waals surface area contributed by atoms with Crippen LogP contribution in [0.2, 0.25) is 0 Å². The zero-order chi connectivity index (χ0) is 14.6. The number of aliphatic hydroxyl groups is 1. The predicted octanol–water partition coefficient (Wildman–Crippen LogP) is 0.111. The molecule has 0 aliphatic carbocycles. The van der Waals surface area contributed by atoms with Crippen molar-refractivity contribution in [2.24, 2.45) is 0 Å². The molecule has 3 N–H and O–H groups in total. The number of rotatable bonds is 6. The second kappa shape index (κ2) is 6.63. The largest absolute Gasteiger partial charge is 0.392 e. The Kier molecular flexibility index (Phi) is 5.44. The van der Waals surface area contributed by atoms with Gasteiger partial charge in [-0.05, 0) is 20.8 Å². The molecule has 1 unspecified atom stereocenters. The molecule has 1 atom stereocenters.